The van der Waals surface area contributed by atoms with Gasteiger partial charge in [-0.3, -0.25) is 0 Å². The fraction of sp³-hybridized carbons (Fsp3) is 0.250. The molecule has 0 fully saturated rings. The molecule has 0 aliphatic rings. The lowest BCUT2D eigenvalue weighted by Crippen LogP contribution is -2.06. The number of rotatable bonds is 11. The Balaban J connectivity index is 1.49. The minimum atomic E-state index is -1.47. The Morgan fingerprint density at radius 3 is 2.23 bits per heavy atom. The zero-order chi connectivity index (χ0) is 21.2. The molecule has 158 valence electrons. The van der Waals surface area contributed by atoms with E-state index in [1.807, 2.05) is 48.5 Å². The molecule has 0 saturated carbocycles. The highest BCUT2D eigenvalue weighted by Crippen LogP contribution is 2.29. The minimum absolute atomic E-state index is 0.531. The Hall–Kier alpha value is -2.83. The van der Waals surface area contributed by atoms with Crippen molar-refractivity contribution in [1.29, 1.82) is 0 Å². The molecule has 1 atom stereocenters. The van der Waals surface area contributed by atoms with Crippen molar-refractivity contribution in [3.05, 3.63) is 78.4 Å². The molecule has 0 heterocycles. The van der Waals surface area contributed by atoms with Gasteiger partial charge in [-0.1, -0.05) is 31.5 Å². The van der Waals surface area contributed by atoms with Gasteiger partial charge in [0.15, 0.2) is 0 Å². The lowest BCUT2D eigenvalue weighted by atomic mass is 10.1. The molecule has 0 aliphatic carbocycles. The van der Waals surface area contributed by atoms with Gasteiger partial charge in [-0.05, 0) is 66.6 Å². The molecule has 3 aromatic rings. The topological polar surface area (TPSA) is 70.8 Å². The van der Waals surface area contributed by atoms with Gasteiger partial charge in [0, 0.05) is 6.42 Å². The summed E-state index contributed by atoms with van der Waals surface area (Å²) in [6.45, 7) is 3.23. The Kier molecular flexibility index (Phi) is 8.30. The lowest BCUT2D eigenvalue weighted by Gasteiger charge is -2.14. The molecule has 30 heavy (non-hydrogen) atoms. The average Bonchev–Trinajstić information content (AvgIpc) is 2.76. The zero-order valence-corrected chi connectivity index (χ0v) is 17.9. The molecule has 0 saturated heterocycles. The van der Waals surface area contributed by atoms with E-state index in [0.29, 0.717) is 18.1 Å². The smallest absolute Gasteiger partial charge is 0.127 e. The molecule has 0 radical (unpaired) electrons. The van der Waals surface area contributed by atoms with Gasteiger partial charge in [-0.15, -0.1) is 0 Å². The lowest BCUT2D eigenvalue weighted by molar-refractivity contribution is 0.246. The standard InChI is InChI=1S/C24H27NO4S/c1-2-7-19-18-22(29-21-8-4-3-5-9-21)12-15-24(19)28-17-6-16-27-20-10-13-23(14-11-20)30(25)26/h3-5,8-15,18H,2,6-7,16-17,25H2,1H3. The summed E-state index contributed by atoms with van der Waals surface area (Å²) >= 11 is 0. The Bertz CT molecular complexity index is 945. The van der Waals surface area contributed by atoms with E-state index in [0.717, 1.165) is 47.8 Å². The molecular formula is C24H27NO4S. The predicted molar refractivity (Wildman–Crippen MR) is 120 cm³/mol. The van der Waals surface area contributed by atoms with Crippen LogP contribution >= 0.6 is 0 Å². The van der Waals surface area contributed by atoms with Gasteiger partial charge >= 0.3 is 0 Å². The maximum absolute atomic E-state index is 11.2. The third-order valence-electron chi connectivity index (χ3n) is 4.40. The first-order valence-electron chi connectivity index (χ1n) is 10.0. The first kappa shape index (κ1) is 21.9. The van der Waals surface area contributed by atoms with Crippen LogP contribution < -0.4 is 19.3 Å². The van der Waals surface area contributed by atoms with Crippen molar-refractivity contribution in [1.82, 2.24) is 0 Å². The summed E-state index contributed by atoms with van der Waals surface area (Å²) in [7, 11) is -1.47. The van der Waals surface area contributed by atoms with Gasteiger partial charge < -0.3 is 14.2 Å². The third-order valence-corrected chi connectivity index (χ3v) is 5.14. The summed E-state index contributed by atoms with van der Waals surface area (Å²) in [4.78, 5) is 0.578. The molecule has 0 aromatic heterocycles. The van der Waals surface area contributed by atoms with Crippen LogP contribution in [-0.4, -0.2) is 17.4 Å². The molecule has 2 N–H and O–H groups in total. The molecule has 3 rings (SSSR count). The van der Waals surface area contributed by atoms with Gasteiger partial charge in [0.1, 0.15) is 34.0 Å². The number of hydrogen-bond donors (Lipinski definition) is 1. The summed E-state index contributed by atoms with van der Waals surface area (Å²) < 4.78 is 28.8. The summed E-state index contributed by atoms with van der Waals surface area (Å²) in [6, 6.07) is 22.6. The van der Waals surface area contributed by atoms with Crippen LogP contribution in [0.3, 0.4) is 0 Å². The molecule has 0 amide bonds. The van der Waals surface area contributed by atoms with Crippen LogP contribution in [0.25, 0.3) is 0 Å². The van der Waals surface area contributed by atoms with Crippen LogP contribution in [0.2, 0.25) is 0 Å². The van der Waals surface area contributed by atoms with Crippen LogP contribution in [0, 0.1) is 0 Å². The number of hydrogen-bond acceptors (Lipinski definition) is 4. The van der Waals surface area contributed by atoms with E-state index in [4.69, 9.17) is 19.3 Å². The van der Waals surface area contributed by atoms with Gasteiger partial charge in [-0.25, -0.2) is 9.35 Å². The van der Waals surface area contributed by atoms with Gasteiger partial charge in [0.2, 0.25) is 0 Å². The second-order valence-corrected chi connectivity index (χ2v) is 7.82. The van der Waals surface area contributed by atoms with E-state index < -0.39 is 11.0 Å². The van der Waals surface area contributed by atoms with Gasteiger partial charge in [-0.2, -0.15) is 0 Å². The van der Waals surface area contributed by atoms with Crippen LogP contribution in [0.15, 0.2) is 77.7 Å². The molecule has 5 nitrogen and oxygen atoms in total. The normalized spacial score (nSPS) is 11.7. The molecule has 1 unspecified atom stereocenters. The number of ether oxygens (including phenoxy) is 3. The van der Waals surface area contributed by atoms with Crippen LogP contribution in [0.1, 0.15) is 25.3 Å². The first-order chi connectivity index (χ1) is 14.7. The van der Waals surface area contributed by atoms with E-state index in [1.165, 1.54) is 0 Å². The van der Waals surface area contributed by atoms with E-state index in [2.05, 4.69) is 6.92 Å². The Labute approximate surface area is 180 Å². The fourth-order valence-corrected chi connectivity index (χ4v) is 3.35. The quantitative estimate of drug-likeness (QED) is 0.425. The minimum Gasteiger partial charge on any atom is -0.493 e. The van der Waals surface area contributed by atoms with E-state index in [-0.39, 0.29) is 0 Å². The monoisotopic (exact) mass is 425 g/mol. The molecular weight excluding hydrogens is 398 g/mol. The summed E-state index contributed by atoms with van der Waals surface area (Å²) in [5.74, 6) is 3.23. The largest absolute Gasteiger partial charge is 0.493 e. The van der Waals surface area contributed by atoms with E-state index in [1.54, 1.807) is 24.3 Å². The molecule has 0 bridgehead atoms. The highest BCUT2D eigenvalue weighted by Gasteiger charge is 2.07. The second kappa shape index (κ2) is 11.4. The SMILES string of the molecule is CCCc1cc(Oc2ccccc2)ccc1OCCCOc1ccc(S(N)=O)cc1. The maximum atomic E-state index is 11.2. The van der Waals surface area contributed by atoms with Crippen molar-refractivity contribution in [3.63, 3.8) is 0 Å². The molecule has 0 aliphatic heterocycles. The Morgan fingerprint density at radius 1 is 0.833 bits per heavy atom. The van der Waals surface area contributed by atoms with Crippen molar-refractivity contribution in [3.8, 4) is 23.0 Å². The van der Waals surface area contributed by atoms with Crippen LogP contribution in [0.4, 0.5) is 0 Å². The maximum Gasteiger partial charge on any atom is 0.127 e. The van der Waals surface area contributed by atoms with E-state index in [9.17, 15) is 4.21 Å². The number of para-hydroxylation sites is 1. The summed E-state index contributed by atoms with van der Waals surface area (Å²) in [6.07, 6.45) is 2.70. The van der Waals surface area contributed by atoms with Crippen molar-refractivity contribution < 1.29 is 18.4 Å². The molecule has 3 aromatic carbocycles. The van der Waals surface area contributed by atoms with Gasteiger partial charge in [0.25, 0.3) is 0 Å². The van der Waals surface area contributed by atoms with Crippen molar-refractivity contribution in [2.75, 3.05) is 13.2 Å². The van der Waals surface area contributed by atoms with Crippen LogP contribution in [-0.2, 0) is 17.4 Å². The number of nitrogens with two attached hydrogens (primary N) is 1. The van der Waals surface area contributed by atoms with E-state index >= 15 is 0 Å². The average molecular weight is 426 g/mol. The summed E-state index contributed by atoms with van der Waals surface area (Å²) in [5, 5.41) is 5.35. The Morgan fingerprint density at radius 2 is 1.53 bits per heavy atom. The molecule has 0 spiro atoms. The number of benzene rings is 3. The highest BCUT2D eigenvalue weighted by molar-refractivity contribution is 7.82. The van der Waals surface area contributed by atoms with Crippen molar-refractivity contribution in [2.24, 2.45) is 5.14 Å². The third kappa shape index (κ3) is 6.61. The second-order valence-electron chi connectivity index (χ2n) is 6.75. The molecule has 6 heteroatoms. The van der Waals surface area contributed by atoms with Crippen LogP contribution in [0.5, 0.6) is 23.0 Å². The van der Waals surface area contributed by atoms with Gasteiger partial charge in [0.05, 0.1) is 18.1 Å². The zero-order valence-electron chi connectivity index (χ0n) is 17.1. The van der Waals surface area contributed by atoms with Crippen molar-refractivity contribution >= 4 is 11.0 Å². The fourth-order valence-electron chi connectivity index (χ4n) is 2.95. The first-order valence-corrected chi connectivity index (χ1v) is 11.2. The number of aryl methyl sites for hydroxylation is 1. The predicted octanol–water partition coefficient (Wildman–Crippen LogP) is 5.26. The summed E-state index contributed by atoms with van der Waals surface area (Å²) in [5.41, 5.74) is 1.14. The highest BCUT2D eigenvalue weighted by atomic mass is 32.2. The van der Waals surface area contributed by atoms with Crippen molar-refractivity contribution in [2.45, 2.75) is 31.1 Å².